The largest absolute Gasteiger partial charge is 2.00 e. The first-order valence-corrected chi connectivity index (χ1v) is 6.66. The van der Waals surface area contributed by atoms with E-state index >= 15 is 0 Å². The molecule has 0 radical (unpaired) electrons. The predicted molar refractivity (Wildman–Crippen MR) is 89.1 cm³/mol. The van der Waals surface area contributed by atoms with Crippen molar-refractivity contribution in [2.75, 3.05) is 0 Å². The standard InChI is InChI=1S/2C7H10O2S.Mg/c2*1-5(2)6(8)3-4-7(9)10;/h2*1,3-4H2,2H3,(H,9,10);/q;;+2/p-2. The van der Waals surface area contributed by atoms with Gasteiger partial charge in [0.05, 0.1) is 0 Å². The Labute approximate surface area is 152 Å². The maximum absolute atomic E-state index is 10.7. The van der Waals surface area contributed by atoms with Crippen molar-refractivity contribution < 1.29 is 19.8 Å². The average Bonchev–Trinajstić information content (AvgIpc) is 2.33. The van der Waals surface area contributed by atoms with Crippen LogP contribution in [-0.2, 0) is 9.59 Å². The molecule has 21 heavy (non-hydrogen) atoms. The van der Waals surface area contributed by atoms with E-state index in [1.165, 1.54) is 0 Å². The fourth-order valence-corrected chi connectivity index (χ4v) is 1.06. The fourth-order valence-electron chi connectivity index (χ4n) is 0.858. The summed E-state index contributed by atoms with van der Waals surface area (Å²) in [4.78, 5) is 21.5. The molecule has 0 saturated heterocycles. The van der Waals surface area contributed by atoms with Gasteiger partial charge in [-0.15, -0.1) is 24.4 Å². The van der Waals surface area contributed by atoms with Crippen molar-refractivity contribution in [2.45, 2.75) is 39.5 Å². The van der Waals surface area contributed by atoms with Gasteiger partial charge in [0.15, 0.2) is 11.6 Å². The molecule has 0 aromatic heterocycles. The molecule has 0 aromatic carbocycles. The quantitative estimate of drug-likeness (QED) is 0.370. The Morgan fingerprint density at radius 1 is 0.810 bits per heavy atom. The van der Waals surface area contributed by atoms with Crippen LogP contribution in [0.1, 0.15) is 39.5 Å². The molecule has 0 aromatic rings. The number of thiocarbonyl (C=S) groups is 2. The number of carbonyl (C=O) groups is 2. The number of allylic oxidation sites excluding steroid dienone is 2. The molecule has 0 bridgehead atoms. The van der Waals surface area contributed by atoms with Crippen molar-refractivity contribution in [1.29, 1.82) is 0 Å². The van der Waals surface area contributed by atoms with Gasteiger partial charge in [-0.3, -0.25) is 9.59 Å². The molecular weight excluding hydrogens is 321 g/mol. The van der Waals surface area contributed by atoms with E-state index < -0.39 is 0 Å². The summed E-state index contributed by atoms with van der Waals surface area (Å²) in [5, 5.41) is 19.7. The topological polar surface area (TPSA) is 80.3 Å². The maximum atomic E-state index is 10.7. The Kier molecular flexibility index (Phi) is 17.3. The van der Waals surface area contributed by atoms with Crippen LogP contribution in [0.5, 0.6) is 0 Å². The maximum Gasteiger partial charge on any atom is 2.00 e. The van der Waals surface area contributed by atoms with Crippen LogP contribution in [0.25, 0.3) is 0 Å². The average molecular weight is 339 g/mol. The normalized spacial score (nSPS) is 8.48. The van der Waals surface area contributed by atoms with E-state index in [2.05, 4.69) is 37.6 Å². The van der Waals surface area contributed by atoms with Gasteiger partial charge in [0.25, 0.3) is 0 Å². The van der Waals surface area contributed by atoms with Crippen LogP contribution < -0.4 is 10.2 Å². The molecule has 0 N–H and O–H groups in total. The van der Waals surface area contributed by atoms with Crippen LogP contribution in [0.4, 0.5) is 0 Å². The Bertz CT molecular complexity index is 391. The number of Topliss-reactive ketones (excluding diaryl/α,β-unsaturated/α-hetero) is 2. The molecule has 112 valence electrons. The van der Waals surface area contributed by atoms with E-state index in [4.69, 9.17) is 0 Å². The second-order valence-electron chi connectivity index (χ2n) is 4.15. The zero-order chi connectivity index (χ0) is 16.3. The molecule has 0 aliphatic rings. The third kappa shape index (κ3) is 19.4. The first-order valence-electron chi connectivity index (χ1n) is 5.85. The van der Waals surface area contributed by atoms with Crippen LogP contribution in [0.15, 0.2) is 24.3 Å². The summed E-state index contributed by atoms with van der Waals surface area (Å²) in [6.45, 7) is 10.1. The summed E-state index contributed by atoms with van der Waals surface area (Å²) >= 11 is 8.53. The predicted octanol–water partition coefficient (Wildman–Crippen LogP) is 0.818. The minimum Gasteiger partial charge on any atom is -0.867 e. The van der Waals surface area contributed by atoms with Gasteiger partial charge in [-0.2, -0.15) is 0 Å². The molecule has 0 unspecified atom stereocenters. The molecule has 0 aliphatic carbocycles. The van der Waals surface area contributed by atoms with E-state index in [-0.39, 0.29) is 70.4 Å². The van der Waals surface area contributed by atoms with Crippen molar-refractivity contribution in [3.63, 3.8) is 0 Å². The monoisotopic (exact) mass is 338 g/mol. The number of hydrogen-bond acceptors (Lipinski definition) is 6. The van der Waals surface area contributed by atoms with Crippen molar-refractivity contribution in [2.24, 2.45) is 0 Å². The molecule has 0 heterocycles. The van der Waals surface area contributed by atoms with Gasteiger partial charge in [0, 0.05) is 12.8 Å². The van der Waals surface area contributed by atoms with E-state index in [0.29, 0.717) is 11.1 Å². The summed E-state index contributed by atoms with van der Waals surface area (Å²) < 4.78 is 0. The number of rotatable bonds is 8. The second kappa shape index (κ2) is 14.3. The van der Waals surface area contributed by atoms with Gasteiger partial charge in [0.1, 0.15) is 0 Å². The molecule has 0 amide bonds. The third-order valence-electron chi connectivity index (χ3n) is 2.06. The third-order valence-corrected chi connectivity index (χ3v) is 2.47. The van der Waals surface area contributed by atoms with Gasteiger partial charge in [0.2, 0.25) is 0 Å². The molecule has 0 saturated carbocycles. The Balaban J connectivity index is -0.000000295. The molecule has 0 aliphatic heterocycles. The van der Waals surface area contributed by atoms with E-state index in [1.54, 1.807) is 13.8 Å². The van der Waals surface area contributed by atoms with E-state index in [9.17, 15) is 19.8 Å². The minimum absolute atomic E-state index is 0. The molecule has 0 atom stereocenters. The van der Waals surface area contributed by atoms with Crippen molar-refractivity contribution in [3.05, 3.63) is 24.3 Å². The number of carbonyl (C=O) groups excluding carboxylic acids is 2. The summed E-state index contributed by atoms with van der Waals surface area (Å²) in [6, 6.07) is 0. The van der Waals surface area contributed by atoms with Crippen molar-refractivity contribution in [1.82, 2.24) is 0 Å². The molecule has 0 spiro atoms. The first-order chi connectivity index (χ1) is 9.07. The molecular formula is C14H18MgO4S2. The van der Waals surface area contributed by atoms with Gasteiger partial charge >= 0.3 is 23.1 Å². The molecule has 7 heteroatoms. The molecule has 0 fully saturated rings. The van der Waals surface area contributed by atoms with Gasteiger partial charge in [-0.25, -0.2) is 0 Å². The molecule has 4 nitrogen and oxygen atoms in total. The summed E-state index contributed by atoms with van der Waals surface area (Å²) in [5.41, 5.74) is 0.965. The van der Waals surface area contributed by atoms with Crippen LogP contribution in [0.2, 0.25) is 0 Å². The van der Waals surface area contributed by atoms with Crippen molar-refractivity contribution >= 4 is 69.2 Å². The smallest absolute Gasteiger partial charge is 0.867 e. The zero-order valence-electron chi connectivity index (χ0n) is 12.4. The summed E-state index contributed by atoms with van der Waals surface area (Å²) in [7, 11) is 0. The van der Waals surface area contributed by atoms with Gasteiger partial charge in [-0.05, 0) is 37.8 Å². The minimum atomic E-state index is -0.366. The number of ketones is 2. The summed E-state index contributed by atoms with van der Waals surface area (Å²) in [5.74, 6) is -0.170. The molecule has 0 rings (SSSR count). The van der Waals surface area contributed by atoms with Crippen LogP contribution in [0, 0.1) is 0 Å². The first kappa shape index (κ1) is 25.3. The number of hydrogen-bond donors (Lipinski definition) is 0. The summed E-state index contributed by atoms with van der Waals surface area (Å²) in [6.07, 6.45) is 0.720. The Morgan fingerprint density at radius 3 is 1.19 bits per heavy atom. The SMILES string of the molecule is C=C(C)C(=O)CCC([O-])=S.C=C(C)C(=O)CCC([O-])=S.[Mg+2]. The van der Waals surface area contributed by atoms with E-state index in [1.807, 2.05) is 0 Å². The zero-order valence-corrected chi connectivity index (χ0v) is 15.4. The second-order valence-corrected chi connectivity index (χ2v) is 5.06. The van der Waals surface area contributed by atoms with Gasteiger partial charge < -0.3 is 10.2 Å². The fraction of sp³-hybridized carbons (Fsp3) is 0.429. The van der Waals surface area contributed by atoms with Gasteiger partial charge in [-0.1, -0.05) is 23.3 Å². The van der Waals surface area contributed by atoms with E-state index in [0.717, 1.165) is 0 Å². The van der Waals surface area contributed by atoms with Crippen LogP contribution in [-0.4, -0.2) is 44.7 Å². The van der Waals surface area contributed by atoms with Crippen LogP contribution in [0.3, 0.4) is 0 Å². The van der Waals surface area contributed by atoms with Crippen molar-refractivity contribution in [3.8, 4) is 0 Å². The van der Waals surface area contributed by atoms with Crippen LogP contribution >= 0.6 is 24.4 Å². The Morgan fingerprint density at radius 2 is 1.05 bits per heavy atom. The Hall–Kier alpha value is -0.634.